The predicted octanol–water partition coefficient (Wildman–Crippen LogP) is 1.74. The van der Waals surface area contributed by atoms with E-state index in [0.717, 1.165) is 0 Å². The maximum Gasteiger partial charge on any atom is 0.317 e. The van der Waals surface area contributed by atoms with Crippen molar-refractivity contribution in [3.63, 3.8) is 0 Å². The molecule has 0 bridgehead atoms. The highest BCUT2D eigenvalue weighted by molar-refractivity contribution is 8.00. The highest BCUT2D eigenvalue weighted by atomic mass is 32.2. The van der Waals surface area contributed by atoms with Gasteiger partial charge in [-0.15, -0.1) is 0 Å². The van der Waals surface area contributed by atoms with Crippen LogP contribution in [0.4, 0.5) is 0 Å². The molecule has 0 fully saturated rings. The number of thioether (sulfide) groups is 1. The average molecular weight is 268 g/mol. The first kappa shape index (κ1) is 14.5. The predicted molar refractivity (Wildman–Crippen MR) is 69.8 cm³/mol. The minimum Gasteiger partial charge on any atom is -0.480 e. The van der Waals surface area contributed by atoms with Crippen LogP contribution >= 0.6 is 11.8 Å². The first-order chi connectivity index (χ1) is 8.45. The summed E-state index contributed by atoms with van der Waals surface area (Å²) in [5.41, 5.74) is 0.493. The van der Waals surface area contributed by atoms with Crippen LogP contribution < -0.4 is 0 Å². The fourth-order valence-electron chi connectivity index (χ4n) is 1.29. The van der Waals surface area contributed by atoms with Crippen LogP contribution in [0.25, 0.3) is 0 Å². The molecule has 0 saturated heterocycles. The summed E-state index contributed by atoms with van der Waals surface area (Å²) in [5.74, 6) is -0.970. The van der Waals surface area contributed by atoms with E-state index in [-0.39, 0.29) is 5.91 Å². The second-order valence-electron chi connectivity index (χ2n) is 3.94. The van der Waals surface area contributed by atoms with Crippen LogP contribution in [-0.2, 0) is 4.79 Å². The van der Waals surface area contributed by atoms with E-state index < -0.39 is 11.2 Å². The molecular weight excluding hydrogens is 252 g/mol. The third-order valence-electron chi connectivity index (χ3n) is 2.30. The van der Waals surface area contributed by atoms with Crippen molar-refractivity contribution in [1.29, 1.82) is 0 Å². The van der Waals surface area contributed by atoms with Crippen molar-refractivity contribution >= 4 is 23.6 Å². The van der Waals surface area contributed by atoms with Crippen molar-refractivity contribution in [1.82, 2.24) is 9.88 Å². The SMILES string of the molecule is CCC(Sc1ccc(C(=O)N(C)C)cn1)C(=O)O. The van der Waals surface area contributed by atoms with Crippen molar-refractivity contribution in [3.05, 3.63) is 23.9 Å². The molecule has 1 unspecified atom stereocenters. The lowest BCUT2D eigenvalue weighted by Crippen LogP contribution is -2.21. The Bertz CT molecular complexity index is 431. The van der Waals surface area contributed by atoms with Gasteiger partial charge in [0.05, 0.1) is 10.6 Å². The number of aromatic nitrogens is 1. The number of carbonyl (C=O) groups excluding carboxylic acids is 1. The lowest BCUT2D eigenvalue weighted by Gasteiger charge is -2.11. The number of carbonyl (C=O) groups is 2. The van der Waals surface area contributed by atoms with E-state index in [1.54, 1.807) is 26.2 Å². The maximum atomic E-state index is 11.6. The zero-order valence-corrected chi connectivity index (χ0v) is 11.4. The lowest BCUT2D eigenvalue weighted by molar-refractivity contribution is -0.136. The van der Waals surface area contributed by atoms with Gasteiger partial charge in [0.25, 0.3) is 5.91 Å². The summed E-state index contributed by atoms with van der Waals surface area (Å²) < 4.78 is 0. The molecule has 0 radical (unpaired) electrons. The normalized spacial score (nSPS) is 11.9. The number of rotatable bonds is 5. The molecule has 0 aliphatic carbocycles. The standard InChI is InChI=1S/C12H16N2O3S/c1-4-9(12(16)17)18-10-6-5-8(7-13-10)11(15)14(2)3/h5-7,9H,4H2,1-3H3,(H,16,17). The summed E-state index contributed by atoms with van der Waals surface area (Å²) >= 11 is 1.19. The topological polar surface area (TPSA) is 70.5 Å². The van der Waals surface area contributed by atoms with Crippen LogP contribution in [0.3, 0.4) is 0 Å². The van der Waals surface area contributed by atoms with Gasteiger partial charge in [0.15, 0.2) is 0 Å². The minimum atomic E-state index is -0.849. The van der Waals surface area contributed by atoms with Crippen LogP contribution in [0.15, 0.2) is 23.4 Å². The molecular formula is C12H16N2O3S. The van der Waals surface area contributed by atoms with Gasteiger partial charge < -0.3 is 10.0 Å². The van der Waals surface area contributed by atoms with E-state index in [2.05, 4.69) is 4.98 Å². The molecule has 5 nitrogen and oxygen atoms in total. The average Bonchev–Trinajstić information content (AvgIpc) is 2.35. The van der Waals surface area contributed by atoms with Gasteiger partial charge in [-0.2, -0.15) is 0 Å². The molecule has 98 valence electrons. The van der Waals surface area contributed by atoms with Crippen molar-refractivity contribution < 1.29 is 14.7 Å². The third-order valence-corrected chi connectivity index (χ3v) is 3.60. The van der Waals surface area contributed by atoms with Crippen LogP contribution in [0, 0.1) is 0 Å². The van der Waals surface area contributed by atoms with Gasteiger partial charge >= 0.3 is 5.97 Å². The van der Waals surface area contributed by atoms with Crippen LogP contribution in [0.1, 0.15) is 23.7 Å². The summed E-state index contributed by atoms with van der Waals surface area (Å²) in [5, 5.41) is 9.04. The van der Waals surface area contributed by atoms with Gasteiger partial charge in [-0.05, 0) is 18.6 Å². The van der Waals surface area contributed by atoms with Crippen molar-refractivity contribution in [2.24, 2.45) is 0 Å². The molecule has 1 N–H and O–H groups in total. The Hall–Kier alpha value is -1.56. The van der Waals surface area contributed by atoms with Crippen molar-refractivity contribution in [2.45, 2.75) is 23.6 Å². The number of hydrogen-bond donors (Lipinski definition) is 1. The van der Waals surface area contributed by atoms with Crippen LogP contribution in [-0.4, -0.2) is 46.2 Å². The fourth-order valence-corrected chi connectivity index (χ4v) is 2.11. The van der Waals surface area contributed by atoms with Gasteiger partial charge in [-0.3, -0.25) is 9.59 Å². The first-order valence-corrected chi connectivity index (χ1v) is 6.40. The number of hydrogen-bond acceptors (Lipinski definition) is 4. The smallest absolute Gasteiger partial charge is 0.317 e. The third kappa shape index (κ3) is 3.73. The Kier molecular flexibility index (Phi) is 5.15. The van der Waals surface area contributed by atoms with E-state index in [1.807, 2.05) is 6.92 Å². The first-order valence-electron chi connectivity index (χ1n) is 5.52. The van der Waals surface area contributed by atoms with Gasteiger partial charge in [-0.25, -0.2) is 4.98 Å². The molecule has 1 heterocycles. The quantitative estimate of drug-likeness (QED) is 0.824. The molecule has 1 amide bonds. The molecule has 0 aliphatic heterocycles. The lowest BCUT2D eigenvalue weighted by atomic mass is 10.2. The summed E-state index contributed by atoms with van der Waals surface area (Å²) in [6, 6.07) is 3.33. The summed E-state index contributed by atoms with van der Waals surface area (Å²) in [7, 11) is 3.34. The van der Waals surface area contributed by atoms with Crippen LogP contribution in [0.5, 0.6) is 0 Å². The van der Waals surface area contributed by atoms with E-state index in [4.69, 9.17) is 5.11 Å². The molecule has 0 aromatic carbocycles. The van der Waals surface area contributed by atoms with Gasteiger partial charge in [0, 0.05) is 20.3 Å². The molecule has 0 spiro atoms. The second kappa shape index (κ2) is 6.39. The van der Waals surface area contributed by atoms with Crippen molar-refractivity contribution in [2.75, 3.05) is 14.1 Å². The van der Waals surface area contributed by atoms with E-state index in [1.165, 1.54) is 22.9 Å². The Morgan fingerprint density at radius 2 is 2.11 bits per heavy atom. The summed E-state index contributed by atoms with van der Waals surface area (Å²) in [6.45, 7) is 1.82. The Morgan fingerprint density at radius 3 is 2.50 bits per heavy atom. The molecule has 1 rings (SSSR count). The number of carboxylic acid groups (broad SMARTS) is 1. The Morgan fingerprint density at radius 1 is 1.44 bits per heavy atom. The number of pyridine rings is 1. The number of carboxylic acids is 1. The van der Waals surface area contributed by atoms with Gasteiger partial charge in [0.1, 0.15) is 5.25 Å². The van der Waals surface area contributed by atoms with Crippen molar-refractivity contribution in [3.8, 4) is 0 Å². The van der Waals surface area contributed by atoms with E-state index in [0.29, 0.717) is 17.0 Å². The zero-order chi connectivity index (χ0) is 13.7. The second-order valence-corrected chi connectivity index (χ2v) is 5.16. The summed E-state index contributed by atoms with van der Waals surface area (Å²) in [6.07, 6.45) is 2.00. The number of aliphatic carboxylic acids is 1. The highest BCUT2D eigenvalue weighted by Crippen LogP contribution is 2.23. The zero-order valence-electron chi connectivity index (χ0n) is 10.6. The molecule has 0 saturated carbocycles. The van der Waals surface area contributed by atoms with Gasteiger partial charge in [0.2, 0.25) is 0 Å². The van der Waals surface area contributed by atoms with Crippen LogP contribution in [0.2, 0.25) is 0 Å². The molecule has 0 aliphatic rings. The maximum absolute atomic E-state index is 11.6. The summed E-state index contributed by atoms with van der Waals surface area (Å²) in [4.78, 5) is 28.1. The molecule has 1 aromatic rings. The Balaban J connectivity index is 2.77. The molecule has 1 atom stereocenters. The fraction of sp³-hybridized carbons (Fsp3) is 0.417. The van der Waals surface area contributed by atoms with E-state index in [9.17, 15) is 9.59 Å². The molecule has 18 heavy (non-hydrogen) atoms. The molecule has 6 heteroatoms. The number of amides is 1. The highest BCUT2D eigenvalue weighted by Gasteiger charge is 2.17. The Labute approximate surface area is 110 Å². The monoisotopic (exact) mass is 268 g/mol. The minimum absolute atomic E-state index is 0.121. The number of nitrogens with zero attached hydrogens (tertiary/aromatic N) is 2. The molecule has 1 aromatic heterocycles. The largest absolute Gasteiger partial charge is 0.480 e. The van der Waals surface area contributed by atoms with E-state index >= 15 is 0 Å². The van der Waals surface area contributed by atoms with Gasteiger partial charge in [-0.1, -0.05) is 18.7 Å².